The topological polar surface area (TPSA) is 9.23 Å². The van der Waals surface area contributed by atoms with Gasteiger partial charge in [0.15, 0.2) is 0 Å². The van der Waals surface area contributed by atoms with Crippen LogP contribution in [0.2, 0.25) is 0 Å². The monoisotopic (exact) mass is 110 g/mol. The SMILES string of the molecule is CC1=COC=CC1C. The summed E-state index contributed by atoms with van der Waals surface area (Å²) in [6.45, 7) is 4.21. The Bertz CT molecular complexity index is 133. The second-order valence-electron chi connectivity index (χ2n) is 2.12. The summed E-state index contributed by atoms with van der Waals surface area (Å²) in [6.07, 6.45) is 5.54. The molecule has 0 amide bonds. The van der Waals surface area contributed by atoms with Crippen LogP contribution in [0.15, 0.2) is 24.2 Å². The van der Waals surface area contributed by atoms with Crippen molar-refractivity contribution in [2.24, 2.45) is 5.92 Å². The van der Waals surface area contributed by atoms with Crippen molar-refractivity contribution in [2.45, 2.75) is 13.8 Å². The van der Waals surface area contributed by atoms with Crippen molar-refractivity contribution in [3.63, 3.8) is 0 Å². The predicted molar refractivity (Wildman–Crippen MR) is 33.1 cm³/mol. The lowest BCUT2D eigenvalue weighted by Crippen LogP contribution is -1.95. The van der Waals surface area contributed by atoms with Gasteiger partial charge in [-0.25, -0.2) is 0 Å². The van der Waals surface area contributed by atoms with Crippen molar-refractivity contribution in [2.75, 3.05) is 0 Å². The third kappa shape index (κ3) is 0.915. The van der Waals surface area contributed by atoms with Crippen molar-refractivity contribution in [3.8, 4) is 0 Å². The fourth-order valence-corrected chi connectivity index (χ4v) is 0.569. The van der Waals surface area contributed by atoms with Crippen LogP contribution in [0.25, 0.3) is 0 Å². The van der Waals surface area contributed by atoms with E-state index in [9.17, 15) is 0 Å². The molecule has 0 aromatic rings. The maximum Gasteiger partial charge on any atom is 0.0896 e. The van der Waals surface area contributed by atoms with Gasteiger partial charge in [-0.15, -0.1) is 0 Å². The highest BCUT2D eigenvalue weighted by Gasteiger charge is 2.01. The molecule has 44 valence electrons. The summed E-state index contributed by atoms with van der Waals surface area (Å²) in [7, 11) is 0. The molecule has 0 spiro atoms. The molecule has 1 heteroatoms. The maximum atomic E-state index is 4.91. The van der Waals surface area contributed by atoms with Crippen LogP contribution in [0, 0.1) is 5.92 Å². The van der Waals surface area contributed by atoms with Gasteiger partial charge in [-0.05, 0) is 18.6 Å². The second kappa shape index (κ2) is 2.03. The van der Waals surface area contributed by atoms with Gasteiger partial charge in [0.1, 0.15) is 0 Å². The van der Waals surface area contributed by atoms with Crippen molar-refractivity contribution in [1.29, 1.82) is 0 Å². The fourth-order valence-electron chi connectivity index (χ4n) is 0.569. The van der Waals surface area contributed by atoms with Gasteiger partial charge in [-0.2, -0.15) is 0 Å². The van der Waals surface area contributed by atoms with E-state index in [2.05, 4.69) is 13.8 Å². The Morgan fingerprint density at radius 2 is 2.38 bits per heavy atom. The van der Waals surface area contributed by atoms with Crippen molar-refractivity contribution >= 4 is 0 Å². The fraction of sp³-hybridized carbons (Fsp3) is 0.429. The number of rotatable bonds is 0. The highest BCUT2D eigenvalue weighted by Crippen LogP contribution is 2.14. The molecule has 0 radical (unpaired) electrons. The molecule has 1 rings (SSSR count). The summed E-state index contributed by atoms with van der Waals surface area (Å²) in [6, 6.07) is 0. The molecule has 0 bridgehead atoms. The average molecular weight is 110 g/mol. The minimum Gasteiger partial charge on any atom is -0.473 e. The molecule has 1 unspecified atom stereocenters. The molecule has 1 aliphatic rings. The number of hydrogen-bond acceptors (Lipinski definition) is 1. The average Bonchev–Trinajstić information content (AvgIpc) is 1.77. The predicted octanol–water partition coefficient (Wildman–Crippen LogP) is 2.07. The van der Waals surface area contributed by atoms with Gasteiger partial charge in [0.25, 0.3) is 0 Å². The molecule has 1 nitrogen and oxygen atoms in total. The third-order valence-corrected chi connectivity index (χ3v) is 1.42. The summed E-state index contributed by atoms with van der Waals surface area (Å²) in [5.41, 5.74) is 1.28. The van der Waals surface area contributed by atoms with E-state index in [0.717, 1.165) is 0 Å². The second-order valence-corrected chi connectivity index (χ2v) is 2.12. The van der Waals surface area contributed by atoms with E-state index >= 15 is 0 Å². The van der Waals surface area contributed by atoms with Gasteiger partial charge in [0, 0.05) is 5.92 Å². The first-order chi connectivity index (χ1) is 3.80. The molecule has 1 aliphatic heterocycles. The molecule has 0 aromatic heterocycles. The summed E-state index contributed by atoms with van der Waals surface area (Å²) >= 11 is 0. The van der Waals surface area contributed by atoms with Crippen molar-refractivity contribution in [1.82, 2.24) is 0 Å². The lowest BCUT2D eigenvalue weighted by molar-refractivity contribution is 0.378. The molecule has 1 heterocycles. The first-order valence-electron chi connectivity index (χ1n) is 2.79. The standard InChI is InChI=1S/C7H10O/c1-6-3-4-8-5-7(6)2/h3-6H,1-2H3. The highest BCUT2D eigenvalue weighted by molar-refractivity contribution is 5.09. The Kier molecular flexibility index (Phi) is 1.38. The molecule has 0 aromatic carbocycles. The van der Waals surface area contributed by atoms with Crippen LogP contribution in [0.5, 0.6) is 0 Å². The van der Waals surface area contributed by atoms with Crippen molar-refractivity contribution in [3.05, 3.63) is 24.2 Å². The highest BCUT2D eigenvalue weighted by atomic mass is 16.5. The van der Waals surface area contributed by atoms with Crippen LogP contribution in [0.1, 0.15) is 13.8 Å². The first kappa shape index (κ1) is 5.42. The number of hydrogen-bond donors (Lipinski definition) is 0. The molecule has 0 saturated carbocycles. The van der Waals surface area contributed by atoms with Gasteiger partial charge in [-0.3, -0.25) is 0 Å². The molecule has 0 N–H and O–H groups in total. The quantitative estimate of drug-likeness (QED) is 0.464. The normalized spacial score (nSPS) is 26.8. The first-order valence-corrected chi connectivity index (χ1v) is 2.79. The maximum absolute atomic E-state index is 4.91. The molecule has 0 fully saturated rings. The Morgan fingerprint density at radius 1 is 1.62 bits per heavy atom. The van der Waals surface area contributed by atoms with Crippen LogP contribution in [-0.2, 0) is 4.74 Å². The van der Waals surface area contributed by atoms with Gasteiger partial charge < -0.3 is 4.74 Å². The zero-order valence-electron chi connectivity index (χ0n) is 5.22. The van der Waals surface area contributed by atoms with E-state index in [1.165, 1.54) is 5.57 Å². The van der Waals surface area contributed by atoms with Gasteiger partial charge in [0.05, 0.1) is 12.5 Å². The number of ether oxygens (including phenoxy) is 1. The minimum absolute atomic E-state index is 0.559. The van der Waals surface area contributed by atoms with Crippen LogP contribution < -0.4 is 0 Å². The molecular formula is C7H10O. The van der Waals surface area contributed by atoms with E-state index in [-0.39, 0.29) is 0 Å². The summed E-state index contributed by atoms with van der Waals surface area (Å²) in [5.74, 6) is 0.559. The lowest BCUT2D eigenvalue weighted by atomic mass is 10.0. The van der Waals surface area contributed by atoms with Crippen molar-refractivity contribution < 1.29 is 4.74 Å². The van der Waals surface area contributed by atoms with E-state index in [1.807, 2.05) is 6.08 Å². The van der Waals surface area contributed by atoms with Crippen LogP contribution >= 0.6 is 0 Å². The zero-order chi connectivity index (χ0) is 5.98. The largest absolute Gasteiger partial charge is 0.473 e. The number of allylic oxidation sites excluding steroid dienone is 2. The van der Waals surface area contributed by atoms with E-state index < -0.39 is 0 Å². The zero-order valence-corrected chi connectivity index (χ0v) is 5.22. The Hall–Kier alpha value is -0.720. The Labute approximate surface area is 49.7 Å². The third-order valence-electron chi connectivity index (χ3n) is 1.42. The smallest absolute Gasteiger partial charge is 0.0896 e. The van der Waals surface area contributed by atoms with Crippen LogP contribution in [0.3, 0.4) is 0 Å². The molecular weight excluding hydrogens is 100 g/mol. The summed E-state index contributed by atoms with van der Waals surface area (Å²) in [5, 5.41) is 0. The Balaban J connectivity index is 2.63. The minimum atomic E-state index is 0.559. The van der Waals surface area contributed by atoms with E-state index in [0.29, 0.717) is 5.92 Å². The van der Waals surface area contributed by atoms with Gasteiger partial charge >= 0.3 is 0 Å². The lowest BCUT2D eigenvalue weighted by Gasteiger charge is -2.09. The Morgan fingerprint density at radius 3 is 2.75 bits per heavy atom. The van der Waals surface area contributed by atoms with Gasteiger partial charge in [0.2, 0.25) is 0 Å². The summed E-state index contributed by atoms with van der Waals surface area (Å²) < 4.78 is 4.91. The molecule has 8 heavy (non-hydrogen) atoms. The molecule has 0 saturated heterocycles. The van der Waals surface area contributed by atoms with E-state index in [4.69, 9.17) is 4.74 Å². The van der Waals surface area contributed by atoms with Gasteiger partial charge in [-0.1, -0.05) is 6.92 Å². The van der Waals surface area contributed by atoms with E-state index in [1.54, 1.807) is 12.5 Å². The molecule has 1 atom stereocenters. The van der Waals surface area contributed by atoms with Crippen LogP contribution in [-0.4, -0.2) is 0 Å². The molecule has 0 aliphatic carbocycles. The summed E-state index contributed by atoms with van der Waals surface area (Å²) in [4.78, 5) is 0. The van der Waals surface area contributed by atoms with Crippen LogP contribution in [0.4, 0.5) is 0 Å².